The number of unbranched alkanes of at least 4 members (excludes halogenated alkanes) is 2. The Bertz CT molecular complexity index is 389. The van der Waals surface area contributed by atoms with E-state index in [9.17, 15) is 0 Å². The van der Waals surface area contributed by atoms with E-state index in [0.29, 0.717) is 11.6 Å². The fourth-order valence-electron chi connectivity index (χ4n) is 1.89. The summed E-state index contributed by atoms with van der Waals surface area (Å²) in [7, 11) is 0. The quantitative estimate of drug-likeness (QED) is 0.441. The SMILES string of the molecule is CCCCCN(c1nnccc1C(=N)N)C(C)C. The van der Waals surface area contributed by atoms with E-state index in [2.05, 4.69) is 35.9 Å². The lowest BCUT2D eigenvalue weighted by atomic mass is 10.2. The molecule has 0 aliphatic heterocycles. The number of amidine groups is 1. The first kappa shape index (κ1) is 14.4. The number of nitrogens with zero attached hydrogens (tertiary/aromatic N) is 3. The molecule has 0 saturated carbocycles. The van der Waals surface area contributed by atoms with E-state index in [1.807, 2.05) is 0 Å². The monoisotopic (exact) mass is 249 g/mol. The summed E-state index contributed by atoms with van der Waals surface area (Å²) in [6.07, 6.45) is 5.07. The average molecular weight is 249 g/mol. The summed E-state index contributed by atoms with van der Waals surface area (Å²) < 4.78 is 0. The summed E-state index contributed by atoms with van der Waals surface area (Å²) in [5.74, 6) is 0.761. The molecule has 0 atom stereocenters. The fraction of sp³-hybridized carbons (Fsp3) is 0.615. The van der Waals surface area contributed by atoms with Crippen LogP contribution in [0.25, 0.3) is 0 Å². The summed E-state index contributed by atoms with van der Waals surface area (Å²) in [5.41, 5.74) is 6.26. The minimum Gasteiger partial charge on any atom is -0.384 e. The van der Waals surface area contributed by atoms with Crippen molar-refractivity contribution in [2.75, 3.05) is 11.4 Å². The van der Waals surface area contributed by atoms with Crippen LogP contribution >= 0.6 is 0 Å². The lowest BCUT2D eigenvalue weighted by molar-refractivity contribution is 0.616. The van der Waals surface area contributed by atoms with Gasteiger partial charge in [-0.15, -0.1) is 5.10 Å². The molecular weight excluding hydrogens is 226 g/mol. The molecule has 1 heterocycles. The molecule has 0 radical (unpaired) electrons. The van der Waals surface area contributed by atoms with Crippen LogP contribution in [-0.2, 0) is 0 Å². The summed E-state index contributed by atoms with van der Waals surface area (Å²) in [5, 5.41) is 15.7. The van der Waals surface area contributed by atoms with Crippen molar-refractivity contribution in [1.82, 2.24) is 10.2 Å². The molecule has 0 unspecified atom stereocenters. The number of aromatic nitrogens is 2. The number of nitrogens with two attached hydrogens (primary N) is 1. The smallest absolute Gasteiger partial charge is 0.162 e. The van der Waals surface area contributed by atoms with Gasteiger partial charge in [-0.3, -0.25) is 5.41 Å². The first-order valence-electron chi connectivity index (χ1n) is 6.50. The Hall–Kier alpha value is -1.65. The Kier molecular flexibility index (Phi) is 5.55. The van der Waals surface area contributed by atoms with Gasteiger partial charge in [0, 0.05) is 12.6 Å². The van der Waals surface area contributed by atoms with Crippen LogP contribution in [0.1, 0.15) is 45.6 Å². The normalized spacial score (nSPS) is 10.7. The zero-order chi connectivity index (χ0) is 13.5. The van der Waals surface area contributed by atoms with E-state index in [-0.39, 0.29) is 5.84 Å². The number of hydrogen-bond donors (Lipinski definition) is 2. The van der Waals surface area contributed by atoms with Crippen LogP contribution in [0, 0.1) is 5.41 Å². The van der Waals surface area contributed by atoms with Crippen molar-refractivity contribution >= 4 is 11.7 Å². The Balaban J connectivity index is 2.94. The average Bonchev–Trinajstić information content (AvgIpc) is 2.34. The molecule has 0 fully saturated rings. The minimum absolute atomic E-state index is 0.0426. The zero-order valence-corrected chi connectivity index (χ0v) is 11.5. The maximum absolute atomic E-state index is 7.61. The molecule has 0 aromatic carbocycles. The summed E-state index contributed by atoms with van der Waals surface area (Å²) in [6.45, 7) is 7.34. The summed E-state index contributed by atoms with van der Waals surface area (Å²) >= 11 is 0. The Morgan fingerprint density at radius 3 is 2.72 bits per heavy atom. The van der Waals surface area contributed by atoms with Crippen molar-refractivity contribution in [1.29, 1.82) is 5.41 Å². The predicted octanol–water partition coefficient (Wildman–Crippen LogP) is 2.17. The molecule has 1 rings (SSSR count). The van der Waals surface area contributed by atoms with Gasteiger partial charge in [0.25, 0.3) is 0 Å². The fourth-order valence-corrected chi connectivity index (χ4v) is 1.89. The minimum atomic E-state index is 0.0426. The van der Waals surface area contributed by atoms with Crippen molar-refractivity contribution < 1.29 is 0 Å². The largest absolute Gasteiger partial charge is 0.384 e. The van der Waals surface area contributed by atoms with Gasteiger partial charge < -0.3 is 10.6 Å². The first-order chi connectivity index (χ1) is 8.57. The topological polar surface area (TPSA) is 78.9 Å². The Labute approximate surface area is 109 Å². The molecule has 3 N–H and O–H groups in total. The molecule has 0 aliphatic carbocycles. The van der Waals surface area contributed by atoms with Gasteiger partial charge in [0.15, 0.2) is 5.82 Å². The van der Waals surface area contributed by atoms with Crippen LogP contribution in [0.4, 0.5) is 5.82 Å². The Morgan fingerprint density at radius 1 is 1.44 bits per heavy atom. The third kappa shape index (κ3) is 3.68. The molecule has 0 saturated heterocycles. The second kappa shape index (κ2) is 6.93. The lowest BCUT2D eigenvalue weighted by Crippen LogP contribution is -2.34. The predicted molar refractivity (Wildman–Crippen MR) is 75.1 cm³/mol. The van der Waals surface area contributed by atoms with E-state index in [0.717, 1.165) is 18.8 Å². The summed E-state index contributed by atoms with van der Waals surface area (Å²) in [4.78, 5) is 2.17. The van der Waals surface area contributed by atoms with Crippen LogP contribution in [0.2, 0.25) is 0 Å². The van der Waals surface area contributed by atoms with Crippen molar-refractivity contribution in [3.05, 3.63) is 17.8 Å². The van der Waals surface area contributed by atoms with Gasteiger partial charge >= 0.3 is 0 Å². The van der Waals surface area contributed by atoms with Gasteiger partial charge in [0.2, 0.25) is 0 Å². The molecule has 0 bridgehead atoms. The molecule has 0 spiro atoms. The van der Waals surface area contributed by atoms with Crippen LogP contribution in [0.15, 0.2) is 12.3 Å². The van der Waals surface area contributed by atoms with Gasteiger partial charge in [-0.05, 0) is 26.3 Å². The van der Waals surface area contributed by atoms with Crippen LogP contribution in [-0.4, -0.2) is 28.6 Å². The first-order valence-corrected chi connectivity index (χ1v) is 6.50. The highest BCUT2D eigenvalue weighted by atomic mass is 15.3. The van der Waals surface area contributed by atoms with E-state index < -0.39 is 0 Å². The molecule has 18 heavy (non-hydrogen) atoms. The summed E-state index contributed by atoms with van der Waals surface area (Å²) in [6, 6.07) is 2.07. The molecule has 1 aromatic heterocycles. The van der Waals surface area contributed by atoms with E-state index >= 15 is 0 Å². The van der Waals surface area contributed by atoms with Gasteiger partial charge in [0.1, 0.15) is 5.84 Å². The van der Waals surface area contributed by atoms with Gasteiger partial charge in [-0.25, -0.2) is 0 Å². The highest BCUT2D eigenvalue weighted by molar-refractivity contribution is 5.99. The number of rotatable bonds is 7. The highest BCUT2D eigenvalue weighted by Gasteiger charge is 2.17. The maximum atomic E-state index is 7.61. The molecule has 5 nitrogen and oxygen atoms in total. The van der Waals surface area contributed by atoms with Gasteiger partial charge in [-0.2, -0.15) is 5.10 Å². The second-order valence-corrected chi connectivity index (χ2v) is 4.68. The second-order valence-electron chi connectivity index (χ2n) is 4.68. The van der Waals surface area contributed by atoms with E-state index in [1.165, 1.54) is 12.8 Å². The number of nitrogens with one attached hydrogen (secondary N) is 1. The third-order valence-corrected chi connectivity index (χ3v) is 2.89. The number of hydrogen-bond acceptors (Lipinski definition) is 4. The molecule has 0 amide bonds. The van der Waals surface area contributed by atoms with Gasteiger partial charge in [0.05, 0.1) is 11.8 Å². The molecular formula is C13H23N5. The third-order valence-electron chi connectivity index (χ3n) is 2.89. The molecule has 1 aromatic rings. The van der Waals surface area contributed by atoms with Crippen LogP contribution < -0.4 is 10.6 Å². The van der Waals surface area contributed by atoms with E-state index in [1.54, 1.807) is 12.3 Å². The van der Waals surface area contributed by atoms with Crippen molar-refractivity contribution in [2.45, 2.75) is 46.1 Å². The highest BCUT2D eigenvalue weighted by Crippen LogP contribution is 2.19. The Morgan fingerprint density at radius 2 is 2.17 bits per heavy atom. The van der Waals surface area contributed by atoms with Crippen LogP contribution in [0.3, 0.4) is 0 Å². The molecule has 5 heteroatoms. The molecule has 100 valence electrons. The number of anilines is 1. The van der Waals surface area contributed by atoms with Crippen molar-refractivity contribution in [3.8, 4) is 0 Å². The maximum Gasteiger partial charge on any atom is 0.162 e. The van der Waals surface area contributed by atoms with Crippen LogP contribution in [0.5, 0.6) is 0 Å². The van der Waals surface area contributed by atoms with Crippen molar-refractivity contribution in [2.24, 2.45) is 5.73 Å². The number of nitrogen functional groups attached to an aromatic ring is 1. The lowest BCUT2D eigenvalue weighted by Gasteiger charge is -2.28. The van der Waals surface area contributed by atoms with E-state index in [4.69, 9.17) is 11.1 Å². The van der Waals surface area contributed by atoms with Gasteiger partial charge in [-0.1, -0.05) is 19.8 Å². The van der Waals surface area contributed by atoms with Crippen molar-refractivity contribution in [3.63, 3.8) is 0 Å². The zero-order valence-electron chi connectivity index (χ0n) is 11.5. The molecule has 0 aliphatic rings. The standard InChI is InChI=1S/C13H23N5/c1-4-5-6-9-18(10(2)3)13-11(12(14)15)7-8-16-17-13/h7-8,10H,4-6,9H2,1-3H3,(H3,14,15).